The van der Waals surface area contributed by atoms with Crippen molar-refractivity contribution in [2.24, 2.45) is 7.05 Å². The minimum Gasteiger partial charge on any atom is -0.386 e. The van der Waals surface area contributed by atoms with Crippen LogP contribution in [0.2, 0.25) is 5.02 Å². The Kier molecular flexibility index (Phi) is 4.80. The number of aliphatic hydroxyl groups is 1. The van der Waals surface area contributed by atoms with Crippen LogP contribution in [-0.2, 0) is 25.6 Å². The first-order valence-corrected chi connectivity index (χ1v) is 11.0. The van der Waals surface area contributed by atoms with Gasteiger partial charge in [0.25, 0.3) is 0 Å². The van der Waals surface area contributed by atoms with Crippen molar-refractivity contribution in [1.82, 2.24) is 9.55 Å². The maximum atomic E-state index is 10.3. The summed E-state index contributed by atoms with van der Waals surface area (Å²) in [5.74, 6) is 0.875. The molecule has 158 valence electrons. The third kappa shape index (κ3) is 3.60. The molecule has 2 heterocycles. The van der Waals surface area contributed by atoms with E-state index in [1.807, 2.05) is 51.2 Å². The van der Waals surface area contributed by atoms with Gasteiger partial charge in [-0.05, 0) is 67.3 Å². The van der Waals surface area contributed by atoms with E-state index in [0.717, 1.165) is 53.2 Å². The third-order valence-corrected chi connectivity index (χ3v) is 6.60. The van der Waals surface area contributed by atoms with Crippen molar-refractivity contribution in [3.63, 3.8) is 0 Å². The van der Waals surface area contributed by atoms with Gasteiger partial charge >= 0.3 is 0 Å². The Balaban J connectivity index is 1.49. The van der Waals surface area contributed by atoms with Crippen LogP contribution in [0.4, 0.5) is 5.69 Å². The van der Waals surface area contributed by atoms with Crippen molar-refractivity contribution < 1.29 is 5.11 Å². The number of imidazole rings is 1. The summed E-state index contributed by atoms with van der Waals surface area (Å²) in [7, 11) is 2.03. The maximum Gasteiger partial charge on any atom is 0.142 e. The highest BCUT2D eigenvalue weighted by atomic mass is 35.5. The van der Waals surface area contributed by atoms with Gasteiger partial charge in [0.2, 0.25) is 0 Å². The van der Waals surface area contributed by atoms with Crippen LogP contribution in [0.25, 0.3) is 22.4 Å². The molecule has 3 aromatic carbocycles. The van der Waals surface area contributed by atoms with Gasteiger partial charge in [0.1, 0.15) is 5.82 Å². The summed E-state index contributed by atoms with van der Waals surface area (Å²) in [6.45, 7) is 5.43. The van der Waals surface area contributed by atoms with E-state index in [2.05, 4.69) is 39.8 Å². The summed E-state index contributed by atoms with van der Waals surface area (Å²) in [6.07, 6.45) is 0.948. The van der Waals surface area contributed by atoms with Crippen LogP contribution in [0.15, 0.2) is 60.7 Å². The molecule has 0 spiro atoms. The maximum absolute atomic E-state index is 10.3. The van der Waals surface area contributed by atoms with E-state index in [0.29, 0.717) is 5.02 Å². The molecule has 1 aromatic heterocycles. The lowest BCUT2D eigenvalue weighted by Gasteiger charge is -2.32. The van der Waals surface area contributed by atoms with Crippen molar-refractivity contribution >= 4 is 28.3 Å². The van der Waals surface area contributed by atoms with Crippen molar-refractivity contribution in [2.45, 2.75) is 32.4 Å². The van der Waals surface area contributed by atoms with Crippen molar-refractivity contribution in [1.29, 1.82) is 0 Å². The van der Waals surface area contributed by atoms with Crippen LogP contribution in [0.3, 0.4) is 0 Å². The Morgan fingerprint density at radius 3 is 2.58 bits per heavy atom. The minimum absolute atomic E-state index is 0.703. The van der Waals surface area contributed by atoms with Gasteiger partial charge in [0, 0.05) is 31.4 Å². The molecule has 1 aliphatic heterocycles. The molecule has 0 unspecified atom stereocenters. The van der Waals surface area contributed by atoms with E-state index in [1.165, 1.54) is 11.1 Å². The van der Waals surface area contributed by atoms with E-state index in [9.17, 15) is 5.11 Å². The van der Waals surface area contributed by atoms with Crippen molar-refractivity contribution in [2.75, 3.05) is 11.4 Å². The number of benzene rings is 3. The highest BCUT2D eigenvalue weighted by Crippen LogP contribution is 2.35. The summed E-state index contributed by atoms with van der Waals surface area (Å²) < 4.78 is 2.10. The zero-order valence-corrected chi connectivity index (χ0v) is 18.8. The van der Waals surface area contributed by atoms with Crippen molar-refractivity contribution in [3.8, 4) is 11.4 Å². The van der Waals surface area contributed by atoms with Gasteiger partial charge in [-0.15, -0.1) is 0 Å². The van der Waals surface area contributed by atoms with Crippen LogP contribution in [0.1, 0.15) is 30.5 Å². The molecule has 1 aliphatic rings. The lowest BCUT2D eigenvalue weighted by Crippen LogP contribution is -2.30. The lowest BCUT2D eigenvalue weighted by atomic mass is 9.91. The molecule has 0 saturated carbocycles. The van der Waals surface area contributed by atoms with Gasteiger partial charge in [0.15, 0.2) is 0 Å². The summed E-state index contributed by atoms with van der Waals surface area (Å²) in [6, 6.07) is 20.7. The molecule has 0 amide bonds. The molecule has 0 radical (unpaired) electrons. The molecule has 0 atom stereocenters. The quantitative estimate of drug-likeness (QED) is 0.453. The fourth-order valence-electron chi connectivity index (χ4n) is 4.42. The number of anilines is 1. The van der Waals surface area contributed by atoms with Crippen LogP contribution in [0, 0.1) is 0 Å². The summed E-state index contributed by atoms with van der Waals surface area (Å²) in [4.78, 5) is 7.22. The zero-order valence-electron chi connectivity index (χ0n) is 18.1. The Morgan fingerprint density at radius 1 is 1.00 bits per heavy atom. The minimum atomic E-state index is -0.817. The van der Waals surface area contributed by atoms with E-state index < -0.39 is 5.60 Å². The van der Waals surface area contributed by atoms with Gasteiger partial charge in [-0.25, -0.2) is 4.98 Å². The van der Waals surface area contributed by atoms with Gasteiger partial charge in [0.05, 0.1) is 21.7 Å². The SMILES string of the molecule is Cn1c(-c2cc(N3CCc4cc(C(C)(C)O)ccc4C3)ccc2Cl)nc2ccccc21. The Hall–Kier alpha value is -2.82. The molecule has 31 heavy (non-hydrogen) atoms. The molecule has 0 bridgehead atoms. The van der Waals surface area contributed by atoms with Crippen LogP contribution < -0.4 is 4.90 Å². The second-order valence-electron chi connectivity index (χ2n) is 8.86. The lowest BCUT2D eigenvalue weighted by molar-refractivity contribution is 0.0785. The number of nitrogens with zero attached hydrogens (tertiary/aromatic N) is 3. The molecule has 5 heteroatoms. The predicted octanol–water partition coefficient (Wildman–Crippen LogP) is 5.68. The molecule has 5 rings (SSSR count). The second-order valence-corrected chi connectivity index (χ2v) is 9.27. The first kappa shape index (κ1) is 20.1. The summed E-state index contributed by atoms with van der Waals surface area (Å²) >= 11 is 6.61. The molecule has 4 nitrogen and oxygen atoms in total. The molecule has 0 aliphatic carbocycles. The Bertz CT molecular complexity index is 1290. The van der Waals surface area contributed by atoms with Gasteiger partial charge < -0.3 is 14.6 Å². The van der Waals surface area contributed by atoms with Crippen LogP contribution >= 0.6 is 11.6 Å². The fourth-order valence-corrected chi connectivity index (χ4v) is 4.62. The molecular weight excluding hydrogens is 406 g/mol. The summed E-state index contributed by atoms with van der Waals surface area (Å²) in [5.41, 5.74) is 6.92. The summed E-state index contributed by atoms with van der Waals surface area (Å²) in [5, 5.41) is 11.0. The number of halogens is 1. The molecule has 0 saturated heterocycles. The van der Waals surface area contributed by atoms with E-state index in [1.54, 1.807) is 0 Å². The van der Waals surface area contributed by atoms with Crippen molar-refractivity contribution in [3.05, 3.63) is 82.4 Å². The molecule has 1 N–H and O–H groups in total. The van der Waals surface area contributed by atoms with Gasteiger partial charge in [-0.3, -0.25) is 0 Å². The van der Waals surface area contributed by atoms with E-state index in [-0.39, 0.29) is 0 Å². The largest absolute Gasteiger partial charge is 0.386 e. The number of aryl methyl sites for hydroxylation is 1. The van der Waals surface area contributed by atoms with E-state index >= 15 is 0 Å². The van der Waals surface area contributed by atoms with Gasteiger partial charge in [-0.1, -0.05) is 41.9 Å². The zero-order chi connectivity index (χ0) is 21.8. The van der Waals surface area contributed by atoms with E-state index in [4.69, 9.17) is 16.6 Å². The predicted molar refractivity (Wildman–Crippen MR) is 128 cm³/mol. The highest BCUT2D eigenvalue weighted by Gasteiger charge is 2.22. The second kappa shape index (κ2) is 7.40. The van der Waals surface area contributed by atoms with Gasteiger partial charge in [-0.2, -0.15) is 0 Å². The number of hydrogen-bond donors (Lipinski definition) is 1. The topological polar surface area (TPSA) is 41.3 Å². The number of hydrogen-bond acceptors (Lipinski definition) is 3. The standard InChI is InChI=1S/C26H26ClN3O/c1-26(2,31)19-9-8-18-16-30(13-12-17(18)14-19)20-10-11-22(27)21(15-20)25-28-23-6-4-5-7-24(23)29(25)3/h4-11,14-15,31H,12-13,16H2,1-3H3. The number of aromatic nitrogens is 2. The first-order chi connectivity index (χ1) is 14.8. The van der Waals surface area contributed by atoms with Crippen LogP contribution in [-0.4, -0.2) is 21.2 Å². The molecular formula is C26H26ClN3O. The molecule has 4 aromatic rings. The highest BCUT2D eigenvalue weighted by molar-refractivity contribution is 6.33. The third-order valence-electron chi connectivity index (χ3n) is 6.27. The Labute approximate surface area is 187 Å². The van der Waals surface area contributed by atoms with Crippen LogP contribution in [0.5, 0.6) is 0 Å². The number of rotatable bonds is 3. The Morgan fingerprint density at radius 2 is 1.81 bits per heavy atom. The average molecular weight is 432 g/mol. The smallest absolute Gasteiger partial charge is 0.142 e. The molecule has 0 fully saturated rings. The number of fused-ring (bicyclic) bond motifs is 2. The average Bonchev–Trinajstić information content (AvgIpc) is 3.09. The number of para-hydroxylation sites is 2. The fraction of sp³-hybridized carbons (Fsp3) is 0.269. The normalized spacial score (nSPS) is 14.2. The monoisotopic (exact) mass is 431 g/mol. The first-order valence-electron chi connectivity index (χ1n) is 10.6.